The summed E-state index contributed by atoms with van der Waals surface area (Å²) in [7, 11) is 0. The Bertz CT molecular complexity index is 330. The molecule has 13 heavy (non-hydrogen) atoms. The van der Waals surface area contributed by atoms with Crippen LogP contribution in [-0.4, -0.2) is 14.7 Å². The normalized spacial score (nSPS) is 11.3. The second-order valence-electron chi connectivity index (χ2n) is 2.38. The third-order valence-corrected chi connectivity index (χ3v) is 1.88. The molecule has 0 aliphatic heterocycles. The average Bonchev–Trinajstić information content (AvgIpc) is 2.01. The molecule has 1 aromatic rings. The Balaban J connectivity index is 3.03. The Labute approximate surface area is 90.0 Å². The van der Waals surface area contributed by atoms with Crippen LogP contribution in [0.1, 0.15) is 10.4 Å². The van der Waals surface area contributed by atoms with Gasteiger partial charge < -0.3 is 5.11 Å². The molecule has 0 amide bonds. The summed E-state index contributed by atoms with van der Waals surface area (Å²) in [6.45, 7) is 0. The summed E-state index contributed by atoms with van der Waals surface area (Å²) in [6.07, 6.45) is 0. The van der Waals surface area contributed by atoms with Crippen LogP contribution >= 0.6 is 34.8 Å². The van der Waals surface area contributed by atoms with Crippen LogP contribution in [-0.2, 0) is 0 Å². The fraction of sp³-hybridized carbons (Fsp3) is 0.125. The summed E-state index contributed by atoms with van der Waals surface area (Å²) < 4.78 is -1.98. The summed E-state index contributed by atoms with van der Waals surface area (Å²) in [6, 6.07) is 5.63. The first-order valence-corrected chi connectivity index (χ1v) is 4.45. The monoisotopic (exact) mass is 238 g/mol. The predicted octanol–water partition coefficient (Wildman–Crippen LogP) is 2.95. The molecule has 0 spiro atoms. The Morgan fingerprint density at radius 1 is 1.31 bits per heavy atom. The highest BCUT2D eigenvalue weighted by atomic mass is 35.6. The van der Waals surface area contributed by atoms with Gasteiger partial charge in [0.05, 0.1) is 0 Å². The molecule has 0 aliphatic rings. The molecular formula is C8H5Cl3O2. The molecule has 1 N–H and O–H groups in total. The van der Waals surface area contributed by atoms with Crippen LogP contribution in [0.3, 0.4) is 0 Å². The van der Waals surface area contributed by atoms with Gasteiger partial charge >= 0.3 is 0 Å². The number of Topliss-reactive ketones (excluding diaryl/α,β-unsaturated/α-hetero) is 1. The lowest BCUT2D eigenvalue weighted by molar-refractivity contribution is 0.0996. The molecule has 1 aromatic carbocycles. The molecule has 0 saturated carbocycles. The number of phenols is 1. The van der Waals surface area contributed by atoms with Crippen molar-refractivity contribution in [1.82, 2.24) is 0 Å². The Morgan fingerprint density at radius 2 is 1.92 bits per heavy atom. The molecule has 0 unspecified atom stereocenters. The van der Waals surface area contributed by atoms with E-state index in [9.17, 15) is 4.79 Å². The van der Waals surface area contributed by atoms with Gasteiger partial charge in [-0.15, -0.1) is 0 Å². The number of alkyl halides is 3. The maximum absolute atomic E-state index is 11.3. The highest BCUT2D eigenvalue weighted by molar-refractivity contribution is 6.77. The second kappa shape index (κ2) is 3.74. The van der Waals surface area contributed by atoms with Gasteiger partial charge in [-0.2, -0.15) is 0 Å². The second-order valence-corrected chi connectivity index (χ2v) is 4.66. The molecule has 0 fully saturated rings. The molecule has 0 atom stereocenters. The van der Waals surface area contributed by atoms with E-state index >= 15 is 0 Å². The third-order valence-electron chi connectivity index (χ3n) is 1.37. The van der Waals surface area contributed by atoms with E-state index < -0.39 is 9.58 Å². The first-order chi connectivity index (χ1) is 5.91. The summed E-state index contributed by atoms with van der Waals surface area (Å²) in [4.78, 5) is 11.3. The number of aromatic hydroxyl groups is 1. The first-order valence-electron chi connectivity index (χ1n) is 3.32. The Kier molecular flexibility index (Phi) is 3.06. The van der Waals surface area contributed by atoms with Crippen LogP contribution in [0.4, 0.5) is 0 Å². The van der Waals surface area contributed by atoms with Crippen molar-refractivity contribution in [2.45, 2.75) is 3.79 Å². The molecule has 0 radical (unpaired) electrons. The van der Waals surface area contributed by atoms with Crippen molar-refractivity contribution >= 4 is 40.6 Å². The molecule has 0 aromatic heterocycles. The zero-order chi connectivity index (χ0) is 10.1. The van der Waals surface area contributed by atoms with Crippen LogP contribution < -0.4 is 0 Å². The molecule has 70 valence electrons. The van der Waals surface area contributed by atoms with Crippen molar-refractivity contribution in [1.29, 1.82) is 0 Å². The van der Waals surface area contributed by atoms with E-state index in [0.29, 0.717) is 0 Å². The van der Waals surface area contributed by atoms with E-state index in [0.717, 1.165) is 0 Å². The van der Waals surface area contributed by atoms with Crippen LogP contribution in [0.25, 0.3) is 0 Å². The lowest BCUT2D eigenvalue weighted by Gasteiger charge is -2.08. The van der Waals surface area contributed by atoms with E-state index in [1.165, 1.54) is 24.3 Å². The van der Waals surface area contributed by atoms with Crippen LogP contribution in [0.15, 0.2) is 24.3 Å². The van der Waals surface area contributed by atoms with Gasteiger partial charge in [-0.3, -0.25) is 4.79 Å². The number of carbonyl (C=O) groups is 1. The van der Waals surface area contributed by atoms with Gasteiger partial charge in [0.1, 0.15) is 5.75 Å². The number of halogens is 3. The fourth-order valence-corrected chi connectivity index (χ4v) is 1.14. The van der Waals surface area contributed by atoms with Gasteiger partial charge in [0, 0.05) is 5.56 Å². The Morgan fingerprint density at radius 3 is 2.38 bits per heavy atom. The lowest BCUT2D eigenvalue weighted by Crippen LogP contribution is -2.18. The molecule has 2 nitrogen and oxygen atoms in total. The molecule has 0 heterocycles. The quantitative estimate of drug-likeness (QED) is 0.604. The first kappa shape index (κ1) is 10.6. The predicted molar refractivity (Wildman–Crippen MR) is 52.7 cm³/mol. The smallest absolute Gasteiger partial charge is 0.253 e. The Hall–Kier alpha value is -0.440. The van der Waals surface area contributed by atoms with Gasteiger partial charge in [-0.05, 0) is 12.1 Å². The minimum absolute atomic E-state index is 0.0416. The number of hydrogen-bond donors (Lipinski definition) is 1. The lowest BCUT2D eigenvalue weighted by atomic mass is 10.1. The summed E-state index contributed by atoms with van der Waals surface area (Å²) in [5, 5.41) is 9.05. The number of rotatable bonds is 1. The average molecular weight is 239 g/mol. The molecular weight excluding hydrogens is 234 g/mol. The van der Waals surface area contributed by atoms with Crippen LogP contribution in [0.2, 0.25) is 0 Å². The highest BCUT2D eigenvalue weighted by Crippen LogP contribution is 2.31. The van der Waals surface area contributed by atoms with Gasteiger partial charge in [0.15, 0.2) is 0 Å². The van der Waals surface area contributed by atoms with Crippen LogP contribution in [0.5, 0.6) is 5.75 Å². The minimum atomic E-state index is -1.98. The molecule has 0 bridgehead atoms. The summed E-state index contributed by atoms with van der Waals surface area (Å²) in [5.41, 5.74) is 0.167. The van der Waals surface area contributed by atoms with Crippen molar-refractivity contribution in [3.8, 4) is 5.75 Å². The molecule has 1 rings (SSSR count). The number of ketones is 1. The minimum Gasteiger partial charge on any atom is -0.508 e. The highest BCUT2D eigenvalue weighted by Gasteiger charge is 2.31. The van der Waals surface area contributed by atoms with Crippen molar-refractivity contribution in [2.24, 2.45) is 0 Å². The van der Waals surface area contributed by atoms with E-state index in [4.69, 9.17) is 39.9 Å². The number of hydrogen-bond acceptors (Lipinski definition) is 2. The zero-order valence-corrected chi connectivity index (χ0v) is 8.57. The molecule has 0 aliphatic carbocycles. The number of benzene rings is 1. The summed E-state index contributed by atoms with van der Waals surface area (Å²) in [5.74, 6) is -0.700. The number of carbonyl (C=O) groups excluding carboxylic acids is 1. The van der Waals surface area contributed by atoms with E-state index in [1.807, 2.05) is 0 Å². The maximum atomic E-state index is 11.3. The van der Waals surface area contributed by atoms with Crippen molar-refractivity contribution < 1.29 is 9.90 Å². The van der Waals surface area contributed by atoms with Gasteiger partial charge in [-0.1, -0.05) is 46.9 Å². The van der Waals surface area contributed by atoms with E-state index in [1.54, 1.807) is 0 Å². The zero-order valence-electron chi connectivity index (χ0n) is 6.30. The fourth-order valence-electron chi connectivity index (χ4n) is 0.811. The van der Waals surface area contributed by atoms with Gasteiger partial charge in [0.2, 0.25) is 5.78 Å². The summed E-state index contributed by atoms with van der Waals surface area (Å²) >= 11 is 16.1. The van der Waals surface area contributed by atoms with E-state index in [-0.39, 0.29) is 11.3 Å². The number of phenolic OH excluding ortho intramolecular Hbond substituents is 1. The van der Waals surface area contributed by atoms with E-state index in [2.05, 4.69) is 0 Å². The largest absolute Gasteiger partial charge is 0.508 e. The topological polar surface area (TPSA) is 37.3 Å². The molecule has 0 saturated heterocycles. The van der Waals surface area contributed by atoms with Crippen LogP contribution in [0, 0.1) is 0 Å². The van der Waals surface area contributed by atoms with Crippen molar-refractivity contribution in [3.05, 3.63) is 29.8 Å². The van der Waals surface area contributed by atoms with Gasteiger partial charge in [0.25, 0.3) is 3.79 Å². The van der Waals surface area contributed by atoms with Crippen molar-refractivity contribution in [2.75, 3.05) is 0 Å². The van der Waals surface area contributed by atoms with Crippen molar-refractivity contribution in [3.63, 3.8) is 0 Å². The third kappa shape index (κ3) is 2.76. The standard InChI is InChI=1S/C8H5Cl3O2/c9-8(10,11)7(13)5-2-1-3-6(12)4-5/h1-4,12H. The molecule has 5 heteroatoms. The van der Waals surface area contributed by atoms with Gasteiger partial charge in [-0.25, -0.2) is 0 Å². The maximum Gasteiger partial charge on any atom is 0.253 e. The SMILES string of the molecule is O=C(c1cccc(O)c1)C(Cl)(Cl)Cl.